The molecule has 0 saturated heterocycles. The van der Waals surface area contributed by atoms with Crippen molar-refractivity contribution < 1.29 is 14.3 Å². The Morgan fingerprint density at radius 2 is 1.80 bits per heavy atom. The Balaban J connectivity index is 2.22. The second-order valence-corrected chi connectivity index (χ2v) is 4.41. The lowest BCUT2D eigenvalue weighted by Crippen LogP contribution is -2.12. The van der Waals surface area contributed by atoms with Crippen molar-refractivity contribution in [2.75, 3.05) is 12.4 Å². The number of benzene rings is 2. The van der Waals surface area contributed by atoms with Gasteiger partial charge in [-0.3, -0.25) is 4.79 Å². The summed E-state index contributed by atoms with van der Waals surface area (Å²) in [5.74, 6) is -0.811. The molecule has 0 unspecified atom stereocenters. The van der Waals surface area contributed by atoms with Gasteiger partial charge >= 0.3 is 5.97 Å². The number of halogens is 1. The number of esters is 1. The first kappa shape index (κ1) is 14.1. The smallest absolute Gasteiger partial charge is 0.339 e. The third-order valence-electron chi connectivity index (χ3n) is 2.67. The molecule has 5 heteroatoms. The van der Waals surface area contributed by atoms with E-state index in [4.69, 9.17) is 11.6 Å². The van der Waals surface area contributed by atoms with Crippen molar-refractivity contribution in [3.63, 3.8) is 0 Å². The minimum atomic E-state index is -0.550. The van der Waals surface area contributed by atoms with Crippen LogP contribution in [0.4, 0.5) is 5.69 Å². The second kappa shape index (κ2) is 6.21. The molecule has 0 fully saturated rings. The van der Waals surface area contributed by atoms with Gasteiger partial charge in [0, 0.05) is 11.3 Å². The molecule has 0 aliphatic carbocycles. The van der Waals surface area contributed by atoms with Crippen LogP contribution in [0, 0.1) is 0 Å². The van der Waals surface area contributed by atoms with E-state index in [2.05, 4.69) is 10.1 Å². The summed E-state index contributed by atoms with van der Waals surface area (Å²) in [4.78, 5) is 23.5. The van der Waals surface area contributed by atoms with Crippen molar-refractivity contribution in [3.8, 4) is 0 Å². The monoisotopic (exact) mass is 289 g/mol. The Kier molecular flexibility index (Phi) is 4.38. The average Bonchev–Trinajstić information content (AvgIpc) is 2.49. The molecule has 2 aromatic rings. The molecule has 0 bridgehead atoms. The fourth-order valence-electron chi connectivity index (χ4n) is 1.66. The highest BCUT2D eigenvalue weighted by Crippen LogP contribution is 2.21. The van der Waals surface area contributed by atoms with Gasteiger partial charge in [-0.15, -0.1) is 0 Å². The zero-order valence-corrected chi connectivity index (χ0v) is 11.5. The van der Waals surface area contributed by atoms with Crippen LogP contribution < -0.4 is 5.32 Å². The molecule has 0 aliphatic heterocycles. The minimum Gasteiger partial charge on any atom is -0.465 e. The maximum atomic E-state index is 12.0. The fraction of sp³-hybridized carbons (Fsp3) is 0.0667. The SMILES string of the molecule is COC(=O)c1cc(NC(=O)c2ccccc2)ccc1Cl. The van der Waals surface area contributed by atoms with Crippen LogP contribution in [-0.2, 0) is 4.74 Å². The average molecular weight is 290 g/mol. The molecule has 2 aromatic carbocycles. The van der Waals surface area contributed by atoms with Crippen LogP contribution in [0.3, 0.4) is 0 Å². The van der Waals surface area contributed by atoms with Crippen LogP contribution in [0.15, 0.2) is 48.5 Å². The highest BCUT2D eigenvalue weighted by Gasteiger charge is 2.13. The van der Waals surface area contributed by atoms with E-state index >= 15 is 0 Å². The van der Waals surface area contributed by atoms with E-state index in [1.165, 1.54) is 19.2 Å². The van der Waals surface area contributed by atoms with E-state index < -0.39 is 5.97 Å². The third kappa shape index (κ3) is 3.16. The van der Waals surface area contributed by atoms with Crippen LogP contribution in [0.2, 0.25) is 5.02 Å². The van der Waals surface area contributed by atoms with Crippen LogP contribution in [0.25, 0.3) is 0 Å². The Morgan fingerprint density at radius 3 is 2.45 bits per heavy atom. The summed E-state index contributed by atoms with van der Waals surface area (Å²) >= 11 is 5.91. The number of methoxy groups -OCH3 is 1. The molecule has 0 heterocycles. The number of hydrogen-bond acceptors (Lipinski definition) is 3. The molecular weight excluding hydrogens is 278 g/mol. The molecule has 20 heavy (non-hydrogen) atoms. The van der Waals surface area contributed by atoms with E-state index in [0.717, 1.165) is 0 Å². The van der Waals surface area contributed by atoms with Gasteiger partial charge in [0.1, 0.15) is 0 Å². The van der Waals surface area contributed by atoms with Crippen molar-refractivity contribution in [1.29, 1.82) is 0 Å². The van der Waals surface area contributed by atoms with Crippen molar-refractivity contribution in [2.24, 2.45) is 0 Å². The van der Waals surface area contributed by atoms with Gasteiger partial charge < -0.3 is 10.1 Å². The third-order valence-corrected chi connectivity index (χ3v) is 3.00. The molecule has 0 saturated carbocycles. The topological polar surface area (TPSA) is 55.4 Å². The van der Waals surface area contributed by atoms with Crippen molar-refractivity contribution in [3.05, 3.63) is 64.7 Å². The normalized spacial score (nSPS) is 9.90. The zero-order chi connectivity index (χ0) is 14.5. The number of hydrogen-bond donors (Lipinski definition) is 1. The Hall–Kier alpha value is -2.33. The minimum absolute atomic E-state index is 0.208. The standard InChI is InChI=1S/C15H12ClNO3/c1-20-15(19)12-9-11(7-8-13(12)16)17-14(18)10-5-3-2-4-6-10/h2-9H,1H3,(H,17,18). The van der Waals surface area contributed by atoms with E-state index in [9.17, 15) is 9.59 Å². The highest BCUT2D eigenvalue weighted by molar-refractivity contribution is 6.33. The number of anilines is 1. The first-order valence-electron chi connectivity index (χ1n) is 5.86. The largest absolute Gasteiger partial charge is 0.465 e. The molecular formula is C15H12ClNO3. The molecule has 102 valence electrons. The summed E-state index contributed by atoms with van der Waals surface area (Å²) < 4.78 is 4.63. The van der Waals surface area contributed by atoms with Crippen molar-refractivity contribution in [1.82, 2.24) is 0 Å². The number of ether oxygens (including phenoxy) is 1. The lowest BCUT2D eigenvalue weighted by atomic mass is 10.1. The fourth-order valence-corrected chi connectivity index (χ4v) is 1.86. The summed E-state index contributed by atoms with van der Waals surface area (Å²) in [6, 6.07) is 13.4. The first-order chi connectivity index (χ1) is 9.61. The highest BCUT2D eigenvalue weighted by atomic mass is 35.5. The lowest BCUT2D eigenvalue weighted by Gasteiger charge is -2.08. The summed E-state index contributed by atoms with van der Waals surface area (Å²) in [5.41, 5.74) is 1.21. The molecule has 0 atom stereocenters. The van der Waals surface area contributed by atoms with Crippen LogP contribution in [0.1, 0.15) is 20.7 Å². The molecule has 0 spiro atoms. The van der Waals surface area contributed by atoms with Crippen molar-refractivity contribution >= 4 is 29.2 Å². The van der Waals surface area contributed by atoms with E-state index in [1.807, 2.05) is 6.07 Å². The van der Waals surface area contributed by atoms with Gasteiger partial charge in [0.15, 0.2) is 0 Å². The zero-order valence-electron chi connectivity index (χ0n) is 10.7. The van der Waals surface area contributed by atoms with Gasteiger partial charge in [-0.1, -0.05) is 29.8 Å². The van der Waals surface area contributed by atoms with Crippen LogP contribution in [-0.4, -0.2) is 19.0 Å². The van der Waals surface area contributed by atoms with E-state index in [-0.39, 0.29) is 16.5 Å². The predicted molar refractivity (Wildman–Crippen MR) is 77.2 cm³/mol. The molecule has 4 nitrogen and oxygen atoms in total. The Labute approximate surface area is 121 Å². The summed E-state index contributed by atoms with van der Waals surface area (Å²) in [7, 11) is 1.27. The van der Waals surface area contributed by atoms with E-state index in [0.29, 0.717) is 11.3 Å². The van der Waals surface area contributed by atoms with Crippen molar-refractivity contribution in [2.45, 2.75) is 0 Å². The molecule has 1 amide bonds. The van der Waals surface area contributed by atoms with Crippen LogP contribution >= 0.6 is 11.6 Å². The molecule has 0 aliphatic rings. The van der Waals surface area contributed by atoms with Gasteiger partial charge in [0.25, 0.3) is 5.91 Å². The lowest BCUT2D eigenvalue weighted by molar-refractivity contribution is 0.0600. The summed E-state index contributed by atoms with van der Waals surface area (Å²) in [5, 5.41) is 2.97. The predicted octanol–water partition coefficient (Wildman–Crippen LogP) is 3.38. The van der Waals surface area contributed by atoms with Crippen LogP contribution in [0.5, 0.6) is 0 Å². The molecule has 1 N–H and O–H groups in total. The maximum Gasteiger partial charge on any atom is 0.339 e. The van der Waals surface area contributed by atoms with Gasteiger partial charge in [-0.25, -0.2) is 4.79 Å². The van der Waals surface area contributed by atoms with E-state index in [1.54, 1.807) is 30.3 Å². The maximum absolute atomic E-state index is 12.0. The molecule has 0 aromatic heterocycles. The van der Waals surface area contributed by atoms with Gasteiger partial charge in [-0.2, -0.15) is 0 Å². The Bertz CT molecular complexity index is 641. The number of rotatable bonds is 3. The van der Waals surface area contributed by atoms with Gasteiger partial charge in [-0.05, 0) is 30.3 Å². The molecule has 2 rings (SSSR count). The van der Waals surface area contributed by atoms with Gasteiger partial charge in [0.2, 0.25) is 0 Å². The second-order valence-electron chi connectivity index (χ2n) is 4.01. The number of carbonyl (C=O) groups excluding carboxylic acids is 2. The van der Waals surface area contributed by atoms with Gasteiger partial charge in [0.05, 0.1) is 17.7 Å². The quantitative estimate of drug-likeness (QED) is 0.881. The summed E-state index contributed by atoms with van der Waals surface area (Å²) in [6.07, 6.45) is 0. The molecule has 0 radical (unpaired) electrons. The number of amides is 1. The Morgan fingerprint density at radius 1 is 1.10 bits per heavy atom. The number of nitrogens with one attached hydrogen (secondary N) is 1. The number of carbonyl (C=O) groups is 2. The summed E-state index contributed by atoms with van der Waals surface area (Å²) in [6.45, 7) is 0. The first-order valence-corrected chi connectivity index (χ1v) is 6.24.